The Morgan fingerprint density at radius 2 is 2.07 bits per heavy atom. The van der Waals surface area contributed by atoms with E-state index in [0.29, 0.717) is 5.41 Å². The van der Waals surface area contributed by atoms with Crippen molar-refractivity contribution in [1.82, 2.24) is 5.32 Å². The van der Waals surface area contributed by atoms with Crippen LogP contribution in [0.2, 0.25) is 0 Å². The molecule has 84 valence electrons. The van der Waals surface area contributed by atoms with Gasteiger partial charge in [-0.2, -0.15) is 0 Å². The summed E-state index contributed by atoms with van der Waals surface area (Å²) >= 11 is 6.04. The van der Waals surface area contributed by atoms with Crippen LogP contribution in [0.25, 0.3) is 0 Å². The van der Waals surface area contributed by atoms with Gasteiger partial charge in [-0.05, 0) is 31.2 Å². The molecule has 0 heterocycles. The van der Waals surface area contributed by atoms with Crippen molar-refractivity contribution in [2.24, 2.45) is 5.41 Å². The van der Waals surface area contributed by atoms with Crippen LogP contribution in [0.3, 0.4) is 0 Å². The quantitative estimate of drug-likeness (QED) is 0.525. The third-order valence-electron chi connectivity index (χ3n) is 3.15. The van der Waals surface area contributed by atoms with Crippen molar-refractivity contribution >= 4 is 11.6 Å². The van der Waals surface area contributed by atoms with Crippen molar-refractivity contribution < 1.29 is 4.74 Å². The Morgan fingerprint density at radius 3 is 2.64 bits per heavy atom. The van der Waals surface area contributed by atoms with Gasteiger partial charge in [-0.15, -0.1) is 11.6 Å². The van der Waals surface area contributed by atoms with Crippen molar-refractivity contribution in [3.63, 3.8) is 0 Å². The Kier molecular flexibility index (Phi) is 5.83. The van der Waals surface area contributed by atoms with Gasteiger partial charge >= 0.3 is 0 Å². The summed E-state index contributed by atoms with van der Waals surface area (Å²) in [5.74, 6) is 0.810. The second-order valence-corrected chi connectivity index (χ2v) is 4.63. The highest BCUT2D eigenvalue weighted by Gasteiger charge is 2.32. The molecule has 0 aliphatic heterocycles. The zero-order valence-electron chi connectivity index (χ0n) is 9.15. The van der Waals surface area contributed by atoms with E-state index < -0.39 is 0 Å². The monoisotopic (exact) mass is 219 g/mol. The SMILES string of the molecule is COCCCNCC1(CCl)CCCC1. The average Bonchev–Trinajstić information content (AvgIpc) is 2.67. The fraction of sp³-hybridized carbons (Fsp3) is 1.00. The van der Waals surface area contributed by atoms with Crippen LogP contribution in [0.5, 0.6) is 0 Å². The van der Waals surface area contributed by atoms with Crippen molar-refractivity contribution in [3.05, 3.63) is 0 Å². The van der Waals surface area contributed by atoms with E-state index in [-0.39, 0.29) is 0 Å². The fourth-order valence-electron chi connectivity index (χ4n) is 2.18. The Bertz CT molecular complexity index is 146. The van der Waals surface area contributed by atoms with Crippen LogP contribution >= 0.6 is 11.6 Å². The van der Waals surface area contributed by atoms with E-state index in [9.17, 15) is 0 Å². The molecule has 1 fully saturated rings. The summed E-state index contributed by atoms with van der Waals surface area (Å²) in [6, 6.07) is 0. The van der Waals surface area contributed by atoms with Gasteiger partial charge in [-0.3, -0.25) is 0 Å². The first-order valence-electron chi connectivity index (χ1n) is 5.59. The summed E-state index contributed by atoms with van der Waals surface area (Å²) in [6.45, 7) is 2.98. The largest absolute Gasteiger partial charge is 0.385 e. The van der Waals surface area contributed by atoms with Gasteiger partial charge in [-0.1, -0.05) is 12.8 Å². The smallest absolute Gasteiger partial charge is 0.0474 e. The molecular weight excluding hydrogens is 198 g/mol. The highest BCUT2D eigenvalue weighted by Crippen LogP contribution is 2.38. The van der Waals surface area contributed by atoms with E-state index in [1.165, 1.54) is 25.7 Å². The highest BCUT2D eigenvalue weighted by atomic mass is 35.5. The molecule has 0 aromatic heterocycles. The number of hydrogen-bond acceptors (Lipinski definition) is 2. The third-order valence-corrected chi connectivity index (χ3v) is 3.72. The lowest BCUT2D eigenvalue weighted by atomic mass is 9.88. The number of methoxy groups -OCH3 is 1. The molecule has 0 spiro atoms. The normalized spacial score (nSPS) is 20.1. The Balaban J connectivity index is 2.08. The van der Waals surface area contributed by atoms with E-state index in [2.05, 4.69) is 5.32 Å². The maximum atomic E-state index is 6.04. The maximum absolute atomic E-state index is 6.04. The maximum Gasteiger partial charge on any atom is 0.0474 e. The van der Waals surface area contributed by atoms with E-state index in [1.807, 2.05) is 0 Å². The molecular formula is C11H22ClNO. The number of nitrogens with one attached hydrogen (secondary N) is 1. The fourth-order valence-corrected chi connectivity index (χ4v) is 2.54. The minimum atomic E-state index is 0.397. The van der Waals surface area contributed by atoms with Gasteiger partial charge in [0.05, 0.1) is 0 Å². The lowest BCUT2D eigenvalue weighted by Gasteiger charge is -2.26. The molecule has 2 nitrogen and oxygen atoms in total. The van der Waals surface area contributed by atoms with Gasteiger partial charge in [0.25, 0.3) is 0 Å². The van der Waals surface area contributed by atoms with Gasteiger partial charge in [0.15, 0.2) is 0 Å². The molecule has 0 amide bonds. The van der Waals surface area contributed by atoms with Crippen LogP contribution < -0.4 is 5.32 Å². The molecule has 0 aromatic carbocycles. The predicted molar refractivity (Wildman–Crippen MR) is 61.0 cm³/mol. The van der Waals surface area contributed by atoms with Gasteiger partial charge in [0.2, 0.25) is 0 Å². The molecule has 14 heavy (non-hydrogen) atoms. The molecule has 1 aliphatic carbocycles. The van der Waals surface area contributed by atoms with Crippen molar-refractivity contribution in [1.29, 1.82) is 0 Å². The van der Waals surface area contributed by atoms with Crippen molar-refractivity contribution in [2.75, 3.05) is 32.7 Å². The van der Waals surface area contributed by atoms with Gasteiger partial charge in [-0.25, -0.2) is 0 Å². The van der Waals surface area contributed by atoms with Crippen LogP contribution in [0.4, 0.5) is 0 Å². The summed E-state index contributed by atoms with van der Waals surface area (Å²) in [6.07, 6.45) is 6.40. The Labute approximate surface area is 92.3 Å². The molecule has 0 atom stereocenters. The molecule has 0 radical (unpaired) electrons. The van der Waals surface area contributed by atoms with Crippen molar-refractivity contribution in [2.45, 2.75) is 32.1 Å². The highest BCUT2D eigenvalue weighted by molar-refractivity contribution is 6.18. The number of halogens is 1. The first-order chi connectivity index (χ1) is 6.83. The molecule has 1 aliphatic rings. The zero-order chi connectivity index (χ0) is 10.3. The standard InChI is InChI=1S/C11H22ClNO/c1-14-8-4-7-13-10-11(9-12)5-2-3-6-11/h13H,2-10H2,1H3. The van der Waals surface area contributed by atoms with Crippen molar-refractivity contribution in [3.8, 4) is 0 Å². The van der Waals surface area contributed by atoms with Crippen LogP contribution in [0.1, 0.15) is 32.1 Å². The first kappa shape index (κ1) is 12.3. The lowest BCUT2D eigenvalue weighted by Crippen LogP contribution is -2.34. The summed E-state index contributed by atoms with van der Waals surface area (Å²) in [5.41, 5.74) is 0.397. The second-order valence-electron chi connectivity index (χ2n) is 4.36. The number of alkyl halides is 1. The first-order valence-corrected chi connectivity index (χ1v) is 6.12. The second kappa shape index (κ2) is 6.65. The predicted octanol–water partition coefficient (Wildman–Crippen LogP) is 2.41. The molecule has 1 rings (SSSR count). The van der Waals surface area contributed by atoms with E-state index >= 15 is 0 Å². The van der Waals surface area contributed by atoms with E-state index in [4.69, 9.17) is 16.3 Å². The summed E-state index contributed by atoms with van der Waals surface area (Å²) in [7, 11) is 1.75. The molecule has 1 saturated carbocycles. The van der Waals surface area contributed by atoms with E-state index in [1.54, 1.807) is 7.11 Å². The Hall–Kier alpha value is 0.210. The molecule has 0 bridgehead atoms. The molecule has 3 heteroatoms. The summed E-state index contributed by atoms with van der Waals surface area (Å²) in [4.78, 5) is 0. The minimum absolute atomic E-state index is 0.397. The van der Waals surface area contributed by atoms with Crippen LogP contribution in [0.15, 0.2) is 0 Å². The topological polar surface area (TPSA) is 21.3 Å². The Morgan fingerprint density at radius 1 is 1.36 bits per heavy atom. The van der Waals surface area contributed by atoms with Crippen LogP contribution in [0, 0.1) is 5.41 Å². The van der Waals surface area contributed by atoms with Gasteiger partial charge < -0.3 is 10.1 Å². The third kappa shape index (κ3) is 3.76. The van der Waals surface area contributed by atoms with Gasteiger partial charge in [0.1, 0.15) is 0 Å². The van der Waals surface area contributed by atoms with Gasteiger partial charge in [0, 0.05) is 26.1 Å². The zero-order valence-corrected chi connectivity index (χ0v) is 9.91. The van der Waals surface area contributed by atoms with Crippen LogP contribution in [-0.4, -0.2) is 32.7 Å². The summed E-state index contributed by atoms with van der Waals surface area (Å²) in [5, 5.41) is 3.49. The number of rotatable bonds is 7. The average molecular weight is 220 g/mol. The number of ether oxygens (including phenoxy) is 1. The molecule has 0 saturated heterocycles. The molecule has 0 aromatic rings. The summed E-state index contributed by atoms with van der Waals surface area (Å²) < 4.78 is 5.00. The lowest BCUT2D eigenvalue weighted by molar-refractivity contribution is 0.192. The molecule has 1 N–H and O–H groups in total. The van der Waals surface area contributed by atoms with E-state index in [0.717, 1.165) is 32.0 Å². The van der Waals surface area contributed by atoms with Crippen LogP contribution in [-0.2, 0) is 4.74 Å². The number of hydrogen-bond donors (Lipinski definition) is 1. The minimum Gasteiger partial charge on any atom is -0.385 e. The molecule has 0 unspecified atom stereocenters.